The van der Waals surface area contributed by atoms with Gasteiger partial charge in [-0.3, -0.25) is 4.79 Å². The van der Waals surface area contributed by atoms with Gasteiger partial charge in [-0.15, -0.1) is 0 Å². The Labute approximate surface area is 203 Å². The number of fused-ring (bicyclic) bond motifs is 1. The second-order valence-corrected chi connectivity index (χ2v) is 10.0. The number of carbonyl (C=O) groups is 2. The Morgan fingerprint density at radius 1 is 0.943 bits per heavy atom. The van der Waals surface area contributed by atoms with Gasteiger partial charge in [0.15, 0.2) is 0 Å². The van der Waals surface area contributed by atoms with Crippen LogP contribution in [0, 0.1) is 11.3 Å². The summed E-state index contributed by atoms with van der Waals surface area (Å²) in [6.45, 7) is 0.624. The molecule has 10 heteroatoms. The van der Waals surface area contributed by atoms with Crippen molar-refractivity contribution in [2.24, 2.45) is 0 Å². The van der Waals surface area contributed by atoms with Crippen LogP contribution >= 0.6 is 0 Å². The van der Waals surface area contributed by atoms with Gasteiger partial charge in [0.2, 0.25) is 15.9 Å². The van der Waals surface area contributed by atoms with Gasteiger partial charge in [0.25, 0.3) is 0 Å². The van der Waals surface area contributed by atoms with E-state index in [4.69, 9.17) is 0 Å². The molecule has 2 amide bonds. The second kappa shape index (κ2) is 10.1. The molecule has 35 heavy (non-hydrogen) atoms. The number of piperazine rings is 1. The summed E-state index contributed by atoms with van der Waals surface area (Å²) < 4.78 is 29.2. The molecule has 1 heterocycles. The predicted molar refractivity (Wildman–Crippen MR) is 129 cm³/mol. The highest BCUT2D eigenvalue weighted by Crippen LogP contribution is 2.20. The standard InChI is InChI=1S/C25H24N4O5S/c26-17-19-5-3-4-18(14-19)15-23(24(30)28-10-12-29(13-11-28)25(31)32)27-35(33,34)22-9-8-20-6-1-2-7-21(20)16-22/h1-9,14,16,23,27H,10-13,15H2,(H,31,32)/t23-/m0/s1. The number of hydrogen-bond donors (Lipinski definition) is 2. The highest BCUT2D eigenvalue weighted by Gasteiger charge is 2.32. The molecule has 0 unspecified atom stereocenters. The lowest BCUT2D eigenvalue weighted by Gasteiger charge is -2.35. The van der Waals surface area contributed by atoms with Crippen molar-refractivity contribution < 1.29 is 23.1 Å². The molecule has 0 radical (unpaired) electrons. The van der Waals surface area contributed by atoms with Gasteiger partial charge in [0.1, 0.15) is 6.04 Å². The Balaban J connectivity index is 1.61. The van der Waals surface area contributed by atoms with Crippen molar-refractivity contribution in [3.05, 3.63) is 77.9 Å². The third-order valence-electron chi connectivity index (χ3n) is 5.98. The van der Waals surface area contributed by atoms with Gasteiger partial charge < -0.3 is 14.9 Å². The molecule has 1 saturated heterocycles. The number of amides is 2. The van der Waals surface area contributed by atoms with Crippen molar-refractivity contribution in [3.8, 4) is 6.07 Å². The van der Waals surface area contributed by atoms with Crippen molar-refractivity contribution in [2.45, 2.75) is 17.4 Å². The number of sulfonamides is 1. The van der Waals surface area contributed by atoms with E-state index in [1.54, 1.807) is 36.4 Å². The Kier molecular flexibility index (Phi) is 7.00. The first-order valence-corrected chi connectivity index (χ1v) is 12.5. The largest absolute Gasteiger partial charge is 0.465 e. The number of carboxylic acid groups (broad SMARTS) is 1. The quantitative estimate of drug-likeness (QED) is 0.543. The van der Waals surface area contributed by atoms with Crippen LogP contribution in [-0.4, -0.2) is 67.5 Å². The Bertz CT molecular complexity index is 1410. The van der Waals surface area contributed by atoms with Crippen molar-refractivity contribution in [1.29, 1.82) is 5.26 Å². The van der Waals surface area contributed by atoms with E-state index in [0.29, 0.717) is 11.1 Å². The van der Waals surface area contributed by atoms with E-state index >= 15 is 0 Å². The van der Waals surface area contributed by atoms with Crippen LogP contribution in [0.25, 0.3) is 10.8 Å². The summed E-state index contributed by atoms with van der Waals surface area (Å²) in [6, 6.07) is 19.7. The molecule has 3 aromatic rings. The average molecular weight is 493 g/mol. The van der Waals surface area contributed by atoms with Crippen LogP contribution in [0.5, 0.6) is 0 Å². The number of nitrogens with zero attached hydrogens (tertiary/aromatic N) is 3. The highest BCUT2D eigenvalue weighted by molar-refractivity contribution is 7.89. The number of nitrogens with one attached hydrogen (secondary N) is 1. The Hall–Kier alpha value is -3.94. The monoisotopic (exact) mass is 492 g/mol. The highest BCUT2D eigenvalue weighted by atomic mass is 32.2. The third kappa shape index (κ3) is 5.59. The fraction of sp³-hybridized carbons (Fsp3) is 0.240. The molecule has 1 atom stereocenters. The van der Waals surface area contributed by atoms with Crippen molar-refractivity contribution in [1.82, 2.24) is 14.5 Å². The maximum Gasteiger partial charge on any atom is 0.407 e. The second-order valence-electron chi connectivity index (χ2n) is 8.29. The maximum absolute atomic E-state index is 13.4. The minimum absolute atomic E-state index is 0.0375. The summed E-state index contributed by atoms with van der Waals surface area (Å²) >= 11 is 0. The van der Waals surface area contributed by atoms with Crippen molar-refractivity contribution >= 4 is 32.8 Å². The van der Waals surface area contributed by atoms with Gasteiger partial charge >= 0.3 is 6.09 Å². The molecule has 1 fully saturated rings. The topological polar surface area (TPSA) is 131 Å². The van der Waals surface area contributed by atoms with Gasteiger partial charge in [0.05, 0.1) is 16.5 Å². The lowest BCUT2D eigenvalue weighted by atomic mass is 10.0. The van der Waals surface area contributed by atoms with Crippen LogP contribution in [0.4, 0.5) is 4.79 Å². The van der Waals surface area contributed by atoms with Crippen molar-refractivity contribution in [2.75, 3.05) is 26.2 Å². The van der Waals surface area contributed by atoms with E-state index in [2.05, 4.69) is 4.72 Å². The van der Waals surface area contributed by atoms with Gasteiger partial charge in [-0.2, -0.15) is 9.98 Å². The molecule has 180 valence electrons. The van der Waals surface area contributed by atoms with E-state index in [9.17, 15) is 28.4 Å². The SMILES string of the molecule is N#Cc1cccc(C[C@H](NS(=O)(=O)c2ccc3ccccc3c2)C(=O)N2CCN(C(=O)O)CC2)c1. The molecule has 0 aliphatic carbocycles. The normalized spacial score (nSPS) is 14.9. The van der Waals surface area contributed by atoms with Gasteiger partial charge in [-0.1, -0.05) is 42.5 Å². The van der Waals surface area contributed by atoms with E-state index in [1.165, 1.54) is 15.9 Å². The summed E-state index contributed by atoms with van der Waals surface area (Å²) in [6.07, 6.45) is -1.01. The predicted octanol–water partition coefficient (Wildman–Crippen LogP) is 2.42. The van der Waals surface area contributed by atoms with E-state index < -0.39 is 28.1 Å². The van der Waals surface area contributed by atoms with Gasteiger partial charge in [0, 0.05) is 26.2 Å². The number of benzene rings is 3. The molecule has 0 saturated carbocycles. The first-order valence-electron chi connectivity index (χ1n) is 11.0. The zero-order valence-corrected chi connectivity index (χ0v) is 19.6. The molecule has 4 rings (SSSR count). The van der Waals surface area contributed by atoms with E-state index in [1.807, 2.05) is 30.3 Å². The molecule has 0 bridgehead atoms. The molecule has 1 aliphatic heterocycles. The molecule has 0 spiro atoms. The molecule has 0 aromatic heterocycles. The van der Waals surface area contributed by atoms with Crippen LogP contribution in [0.2, 0.25) is 0 Å². The lowest BCUT2D eigenvalue weighted by molar-refractivity contribution is -0.134. The minimum atomic E-state index is -4.06. The van der Waals surface area contributed by atoms with Crippen LogP contribution in [0.3, 0.4) is 0 Å². The number of nitriles is 1. The van der Waals surface area contributed by atoms with E-state index in [0.717, 1.165) is 10.8 Å². The maximum atomic E-state index is 13.4. The smallest absolute Gasteiger partial charge is 0.407 e. The molecular weight excluding hydrogens is 468 g/mol. The number of rotatable bonds is 6. The summed E-state index contributed by atoms with van der Waals surface area (Å²) in [7, 11) is -4.06. The van der Waals surface area contributed by atoms with Crippen LogP contribution in [0.15, 0.2) is 71.6 Å². The summed E-state index contributed by atoms with van der Waals surface area (Å²) in [5.41, 5.74) is 1.04. The van der Waals surface area contributed by atoms with E-state index in [-0.39, 0.29) is 37.5 Å². The minimum Gasteiger partial charge on any atom is -0.465 e. The van der Waals surface area contributed by atoms with Crippen molar-refractivity contribution in [3.63, 3.8) is 0 Å². The molecule has 3 aromatic carbocycles. The summed E-state index contributed by atoms with van der Waals surface area (Å²) in [5.74, 6) is -0.443. The molecule has 2 N–H and O–H groups in total. The van der Waals surface area contributed by atoms with Gasteiger partial charge in [-0.05, 0) is 47.0 Å². The Morgan fingerprint density at radius 2 is 1.63 bits per heavy atom. The Morgan fingerprint density at radius 3 is 2.31 bits per heavy atom. The zero-order chi connectivity index (χ0) is 25.0. The fourth-order valence-electron chi connectivity index (χ4n) is 4.11. The number of carbonyl (C=O) groups excluding carboxylic acids is 1. The number of hydrogen-bond acceptors (Lipinski definition) is 5. The lowest BCUT2D eigenvalue weighted by Crippen LogP contribution is -2.56. The molecule has 1 aliphatic rings. The van der Waals surface area contributed by atoms with Crippen LogP contribution in [0.1, 0.15) is 11.1 Å². The summed E-state index contributed by atoms with van der Waals surface area (Å²) in [5, 5.41) is 20.0. The average Bonchev–Trinajstić information content (AvgIpc) is 2.87. The first-order chi connectivity index (χ1) is 16.8. The van der Waals surface area contributed by atoms with Crippen LogP contribution < -0.4 is 4.72 Å². The van der Waals surface area contributed by atoms with Crippen LogP contribution in [-0.2, 0) is 21.2 Å². The first kappa shape index (κ1) is 24.2. The molecular formula is C25H24N4O5S. The zero-order valence-electron chi connectivity index (χ0n) is 18.8. The summed E-state index contributed by atoms with van der Waals surface area (Å²) in [4.78, 5) is 27.4. The molecule has 9 nitrogen and oxygen atoms in total. The van der Waals surface area contributed by atoms with Gasteiger partial charge in [-0.25, -0.2) is 13.2 Å². The third-order valence-corrected chi connectivity index (χ3v) is 7.45. The fourth-order valence-corrected chi connectivity index (χ4v) is 5.34.